The number of benzene rings is 1. The van der Waals surface area contributed by atoms with Gasteiger partial charge in [0.25, 0.3) is 5.78 Å². The van der Waals surface area contributed by atoms with Gasteiger partial charge < -0.3 is 15.8 Å². The highest BCUT2D eigenvalue weighted by Crippen LogP contribution is 2.19. The molecule has 1 aromatic carbocycles. The third-order valence-electron chi connectivity index (χ3n) is 3.99. The summed E-state index contributed by atoms with van der Waals surface area (Å²) in [7, 11) is 0. The van der Waals surface area contributed by atoms with Crippen LogP contribution in [0.25, 0.3) is 5.78 Å². The maximum absolute atomic E-state index is 12.5. The zero-order valence-corrected chi connectivity index (χ0v) is 15.1. The van der Waals surface area contributed by atoms with Gasteiger partial charge in [0, 0.05) is 28.7 Å². The molecule has 0 saturated carbocycles. The Hall–Kier alpha value is -3.16. The summed E-state index contributed by atoms with van der Waals surface area (Å²) in [5.74, 6) is 1.18. The standard InChI is InChI=1S/C18H22N6O2/c1-4-8-26-14-7-5-6-13(9-14)21-16(25)10-15-11(2)20-18-22-17(19)23-24(18)12(15)3/h5-7,9H,4,8,10H2,1-3H3,(H2,19,23)(H,21,25). The molecule has 26 heavy (non-hydrogen) atoms. The number of anilines is 2. The number of hydrogen-bond acceptors (Lipinski definition) is 6. The number of ether oxygens (including phenoxy) is 1. The second-order valence-corrected chi connectivity index (χ2v) is 6.04. The molecule has 8 nitrogen and oxygen atoms in total. The molecule has 3 aromatic rings. The first-order valence-electron chi connectivity index (χ1n) is 8.49. The van der Waals surface area contributed by atoms with Gasteiger partial charge in [-0.25, -0.2) is 4.98 Å². The number of fused-ring (bicyclic) bond motifs is 1. The van der Waals surface area contributed by atoms with Crippen molar-refractivity contribution in [2.75, 3.05) is 17.7 Å². The Bertz CT molecular complexity index is 950. The van der Waals surface area contributed by atoms with Crippen molar-refractivity contribution < 1.29 is 9.53 Å². The van der Waals surface area contributed by atoms with Gasteiger partial charge in [-0.2, -0.15) is 9.50 Å². The maximum atomic E-state index is 12.5. The minimum atomic E-state index is -0.141. The van der Waals surface area contributed by atoms with Gasteiger partial charge in [0.1, 0.15) is 5.75 Å². The smallest absolute Gasteiger partial charge is 0.254 e. The van der Waals surface area contributed by atoms with E-state index in [0.717, 1.165) is 29.1 Å². The Balaban J connectivity index is 1.77. The lowest BCUT2D eigenvalue weighted by Crippen LogP contribution is -2.17. The van der Waals surface area contributed by atoms with Crippen LogP contribution in [0.3, 0.4) is 0 Å². The highest BCUT2D eigenvalue weighted by Gasteiger charge is 2.15. The van der Waals surface area contributed by atoms with E-state index in [-0.39, 0.29) is 18.3 Å². The van der Waals surface area contributed by atoms with Crippen LogP contribution < -0.4 is 15.8 Å². The molecule has 0 atom stereocenters. The predicted octanol–water partition coefficient (Wildman–Crippen LogP) is 2.29. The summed E-state index contributed by atoms with van der Waals surface area (Å²) in [5, 5.41) is 7.02. The Morgan fingerprint density at radius 1 is 1.31 bits per heavy atom. The molecule has 0 unspecified atom stereocenters. The third-order valence-corrected chi connectivity index (χ3v) is 3.99. The molecule has 0 bridgehead atoms. The lowest BCUT2D eigenvalue weighted by molar-refractivity contribution is -0.115. The summed E-state index contributed by atoms with van der Waals surface area (Å²) < 4.78 is 7.15. The van der Waals surface area contributed by atoms with Crippen LogP contribution in [0.1, 0.15) is 30.3 Å². The van der Waals surface area contributed by atoms with E-state index in [1.54, 1.807) is 4.52 Å². The molecule has 0 aliphatic carbocycles. The van der Waals surface area contributed by atoms with Crippen LogP contribution in [0, 0.1) is 13.8 Å². The molecule has 3 N–H and O–H groups in total. The molecule has 1 amide bonds. The van der Waals surface area contributed by atoms with Crippen molar-refractivity contribution in [3.05, 3.63) is 41.2 Å². The van der Waals surface area contributed by atoms with E-state index in [4.69, 9.17) is 10.5 Å². The van der Waals surface area contributed by atoms with Crippen molar-refractivity contribution in [2.24, 2.45) is 0 Å². The zero-order chi connectivity index (χ0) is 18.7. The van der Waals surface area contributed by atoms with Crippen LogP contribution in [0.2, 0.25) is 0 Å². The summed E-state index contributed by atoms with van der Waals surface area (Å²) in [5.41, 5.74) is 8.67. The maximum Gasteiger partial charge on any atom is 0.254 e. The molecule has 0 aliphatic heterocycles. The largest absolute Gasteiger partial charge is 0.494 e. The van der Waals surface area contributed by atoms with Crippen molar-refractivity contribution in [3.8, 4) is 5.75 Å². The predicted molar refractivity (Wildman–Crippen MR) is 99.2 cm³/mol. The van der Waals surface area contributed by atoms with E-state index in [0.29, 0.717) is 18.1 Å². The number of hydrogen-bond donors (Lipinski definition) is 2. The number of nitrogens with one attached hydrogen (secondary N) is 1. The van der Waals surface area contributed by atoms with Crippen molar-refractivity contribution in [2.45, 2.75) is 33.6 Å². The van der Waals surface area contributed by atoms with Gasteiger partial charge in [-0.05, 0) is 32.4 Å². The van der Waals surface area contributed by atoms with E-state index in [9.17, 15) is 4.79 Å². The molecule has 0 fully saturated rings. The first kappa shape index (κ1) is 17.7. The molecule has 0 radical (unpaired) electrons. The normalized spacial score (nSPS) is 10.9. The van der Waals surface area contributed by atoms with Gasteiger partial charge in [-0.15, -0.1) is 5.10 Å². The van der Waals surface area contributed by atoms with Crippen LogP contribution in [0.4, 0.5) is 11.6 Å². The summed E-state index contributed by atoms with van der Waals surface area (Å²) in [6.45, 7) is 6.41. The van der Waals surface area contributed by atoms with E-state index in [1.807, 2.05) is 45.0 Å². The Kier molecular flexibility index (Phi) is 5.01. The molecule has 8 heteroatoms. The number of aryl methyl sites for hydroxylation is 2. The molecular formula is C18H22N6O2. The van der Waals surface area contributed by atoms with Gasteiger partial charge in [0.05, 0.1) is 13.0 Å². The quantitative estimate of drug-likeness (QED) is 0.703. The number of carbonyl (C=O) groups excluding carboxylic acids is 1. The first-order chi connectivity index (χ1) is 12.5. The molecular weight excluding hydrogens is 332 g/mol. The van der Waals surface area contributed by atoms with Gasteiger partial charge in [-0.3, -0.25) is 4.79 Å². The number of nitrogens with zero attached hydrogens (tertiary/aromatic N) is 4. The minimum Gasteiger partial charge on any atom is -0.494 e. The number of carbonyl (C=O) groups is 1. The van der Waals surface area contributed by atoms with Gasteiger partial charge in [0.15, 0.2) is 0 Å². The minimum absolute atomic E-state index is 0.141. The number of rotatable bonds is 6. The van der Waals surface area contributed by atoms with Crippen molar-refractivity contribution >= 4 is 23.3 Å². The number of aromatic nitrogens is 4. The Labute approximate surface area is 151 Å². The van der Waals surface area contributed by atoms with Crippen LogP contribution >= 0.6 is 0 Å². The summed E-state index contributed by atoms with van der Waals surface area (Å²) in [4.78, 5) is 20.9. The fourth-order valence-electron chi connectivity index (χ4n) is 2.73. The second kappa shape index (κ2) is 7.38. The van der Waals surface area contributed by atoms with Gasteiger partial charge >= 0.3 is 0 Å². The highest BCUT2D eigenvalue weighted by atomic mass is 16.5. The topological polar surface area (TPSA) is 107 Å². The Morgan fingerprint density at radius 3 is 2.88 bits per heavy atom. The fraction of sp³-hybridized carbons (Fsp3) is 0.333. The number of amides is 1. The molecule has 2 heterocycles. The lowest BCUT2D eigenvalue weighted by atomic mass is 10.1. The monoisotopic (exact) mass is 354 g/mol. The fourth-order valence-corrected chi connectivity index (χ4v) is 2.73. The molecule has 0 saturated heterocycles. The lowest BCUT2D eigenvalue weighted by Gasteiger charge is -2.11. The van der Waals surface area contributed by atoms with Crippen LogP contribution in [-0.4, -0.2) is 32.1 Å². The molecule has 0 aliphatic rings. The SMILES string of the molecule is CCCOc1cccc(NC(=O)Cc2c(C)nc3nc(N)nn3c2C)c1. The van der Waals surface area contributed by atoms with E-state index in [2.05, 4.69) is 20.4 Å². The molecule has 3 rings (SSSR count). The van der Waals surface area contributed by atoms with E-state index < -0.39 is 0 Å². The zero-order valence-electron chi connectivity index (χ0n) is 15.1. The van der Waals surface area contributed by atoms with Gasteiger partial charge in [-0.1, -0.05) is 13.0 Å². The molecule has 136 valence electrons. The van der Waals surface area contributed by atoms with E-state index >= 15 is 0 Å². The number of nitrogens with two attached hydrogens (primary N) is 1. The van der Waals surface area contributed by atoms with Gasteiger partial charge in [0.2, 0.25) is 11.9 Å². The first-order valence-corrected chi connectivity index (χ1v) is 8.49. The second-order valence-electron chi connectivity index (χ2n) is 6.04. The van der Waals surface area contributed by atoms with Crippen molar-refractivity contribution in [1.29, 1.82) is 0 Å². The average Bonchev–Trinajstić information content (AvgIpc) is 2.97. The van der Waals surface area contributed by atoms with Crippen LogP contribution in [-0.2, 0) is 11.2 Å². The van der Waals surface area contributed by atoms with E-state index in [1.165, 1.54) is 0 Å². The average molecular weight is 354 g/mol. The summed E-state index contributed by atoms with van der Waals surface area (Å²) in [6.07, 6.45) is 1.11. The van der Waals surface area contributed by atoms with Crippen LogP contribution in [0.5, 0.6) is 5.75 Å². The van der Waals surface area contributed by atoms with Crippen molar-refractivity contribution in [3.63, 3.8) is 0 Å². The highest BCUT2D eigenvalue weighted by molar-refractivity contribution is 5.92. The third kappa shape index (κ3) is 3.74. The Morgan fingerprint density at radius 2 is 2.12 bits per heavy atom. The summed E-state index contributed by atoms with van der Waals surface area (Å²) >= 11 is 0. The van der Waals surface area contributed by atoms with Crippen LogP contribution in [0.15, 0.2) is 24.3 Å². The molecule has 0 spiro atoms. The number of nitrogen functional groups attached to an aromatic ring is 1. The summed E-state index contributed by atoms with van der Waals surface area (Å²) in [6, 6.07) is 7.36. The molecule has 2 aromatic heterocycles. The van der Waals surface area contributed by atoms with Crippen molar-refractivity contribution in [1.82, 2.24) is 19.6 Å².